The highest BCUT2D eigenvalue weighted by Gasteiger charge is 2.22. The van der Waals surface area contributed by atoms with Gasteiger partial charge in [-0.1, -0.05) is 0 Å². The van der Waals surface area contributed by atoms with Crippen LogP contribution in [0.5, 0.6) is 0 Å². The number of rotatable bonds is 5. The van der Waals surface area contributed by atoms with Crippen LogP contribution in [-0.2, 0) is 13.4 Å². The van der Waals surface area contributed by atoms with E-state index >= 15 is 0 Å². The highest BCUT2D eigenvalue weighted by Crippen LogP contribution is 2.25. The first-order valence-electron chi connectivity index (χ1n) is 11.4. The molecule has 0 bridgehead atoms. The molecule has 1 aliphatic heterocycles. The number of aryl methyl sites for hydroxylation is 1. The number of hydrogen-bond donors (Lipinski definition) is 1. The van der Waals surface area contributed by atoms with Crippen LogP contribution in [0.2, 0.25) is 0 Å². The molecule has 1 N–H and O–H groups in total. The lowest BCUT2D eigenvalue weighted by Crippen LogP contribution is -2.26. The van der Waals surface area contributed by atoms with E-state index in [9.17, 15) is 4.79 Å². The highest BCUT2D eigenvalue weighted by molar-refractivity contribution is 5.95. The maximum atomic E-state index is 12.8. The summed E-state index contributed by atoms with van der Waals surface area (Å²) in [5.74, 6) is 0.694. The summed E-state index contributed by atoms with van der Waals surface area (Å²) in [4.78, 5) is 26.2. The minimum absolute atomic E-state index is 0.0804. The van der Waals surface area contributed by atoms with Gasteiger partial charge >= 0.3 is 0 Å². The van der Waals surface area contributed by atoms with Gasteiger partial charge in [-0.3, -0.25) is 14.5 Å². The van der Waals surface area contributed by atoms with Crippen LogP contribution in [0.1, 0.15) is 44.9 Å². The predicted octanol–water partition coefficient (Wildman–Crippen LogP) is 2.91. The summed E-state index contributed by atoms with van der Waals surface area (Å²) >= 11 is 0. The monoisotopic (exact) mass is 405 g/mol. The average Bonchev–Trinajstić information content (AvgIpc) is 3.49. The average molecular weight is 405 g/mol. The second kappa shape index (κ2) is 7.79. The third kappa shape index (κ3) is 3.73. The number of carbonyl (C=O) groups is 1. The molecule has 4 aromatic heterocycles. The fourth-order valence-electron chi connectivity index (χ4n) is 3.70. The molecular formula is C22H22N6O2. The second-order valence-corrected chi connectivity index (χ2v) is 7.43. The third-order valence-corrected chi connectivity index (χ3v) is 5.35. The molecule has 30 heavy (non-hydrogen) atoms. The Morgan fingerprint density at radius 3 is 3.03 bits per heavy atom. The van der Waals surface area contributed by atoms with Gasteiger partial charge in [0.2, 0.25) is 0 Å². The van der Waals surface area contributed by atoms with Crippen LogP contribution in [0.15, 0.2) is 47.5 Å². The number of fused-ring (bicyclic) bond motifs is 1. The minimum Gasteiger partial charge on any atom is -0.448 e. The SMILES string of the molecule is [2H]C([2H])([2H])n1cc(-c2ccc3cnc(CC(=O)c4coc(C5CCNCC5)n4)cc3n2)cn1. The molecule has 0 amide bonds. The number of aromatic nitrogens is 5. The molecule has 0 aliphatic carbocycles. The Bertz CT molecular complexity index is 1310. The normalized spacial score (nSPS) is 16.9. The maximum absolute atomic E-state index is 12.8. The van der Waals surface area contributed by atoms with Gasteiger partial charge in [0.05, 0.1) is 29.5 Å². The first-order valence-corrected chi connectivity index (χ1v) is 9.87. The lowest BCUT2D eigenvalue weighted by molar-refractivity contribution is 0.0987. The van der Waals surface area contributed by atoms with E-state index in [1.807, 2.05) is 6.07 Å². The standard InChI is InChI=1S/C22H22N6O2/c1-28-12-16(11-25-28)18-3-2-15-10-24-17(8-19(15)26-18)9-21(29)20-13-30-22(27-20)14-4-6-23-7-5-14/h2-3,8,10-14,23H,4-7,9H2,1H3/i1D3. The molecule has 5 rings (SSSR count). The van der Waals surface area contributed by atoms with Crippen molar-refractivity contribution in [1.29, 1.82) is 0 Å². The van der Waals surface area contributed by atoms with E-state index in [0.717, 1.165) is 36.0 Å². The van der Waals surface area contributed by atoms with Crippen LogP contribution >= 0.6 is 0 Å². The number of nitrogens with one attached hydrogen (secondary N) is 1. The molecule has 1 aliphatic rings. The van der Waals surface area contributed by atoms with E-state index in [1.54, 1.807) is 18.3 Å². The Balaban J connectivity index is 1.35. The Hall–Kier alpha value is -3.39. The lowest BCUT2D eigenvalue weighted by Gasteiger charge is -2.19. The van der Waals surface area contributed by atoms with Crippen molar-refractivity contribution < 1.29 is 13.3 Å². The van der Waals surface area contributed by atoms with E-state index in [1.165, 1.54) is 18.7 Å². The van der Waals surface area contributed by atoms with Gasteiger partial charge in [-0.15, -0.1) is 0 Å². The molecule has 1 saturated heterocycles. The van der Waals surface area contributed by atoms with Crippen LogP contribution in [0, 0.1) is 0 Å². The minimum atomic E-state index is -2.35. The summed E-state index contributed by atoms with van der Waals surface area (Å²) < 4.78 is 28.9. The topological polar surface area (TPSA) is 98.7 Å². The molecule has 0 spiro atoms. The molecular weight excluding hydrogens is 380 g/mol. The molecule has 0 atom stereocenters. The molecule has 1 fully saturated rings. The molecule has 8 nitrogen and oxygen atoms in total. The fraction of sp³-hybridized carbons (Fsp3) is 0.318. The molecule has 152 valence electrons. The fourth-order valence-corrected chi connectivity index (χ4v) is 3.70. The summed E-state index contributed by atoms with van der Waals surface area (Å²) in [7, 11) is 0. The van der Waals surface area contributed by atoms with Gasteiger partial charge in [0.25, 0.3) is 0 Å². The molecule has 0 radical (unpaired) electrons. The van der Waals surface area contributed by atoms with E-state index in [-0.39, 0.29) is 18.1 Å². The molecule has 0 saturated carbocycles. The summed E-state index contributed by atoms with van der Waals surface area (Å²) in [5, 5.41) is 8.02. The van der Waals surface area contributed by atoms with Gasteiger partial charge in [-0.05, 0) is 44.1 Å². The van der Waals surface area contributed by atoms with Crippen LogP contribution in [0.3, 0.4) is 0 Å². The Morgan fingerprint density at radius 1 is 1.30 bits per heavy atom. The Kier molecular flexibility index (Phi) is 4.01. The van der Waals surface area contributed by atoms with Crippen molar-refractivity contribution in [2.45, 2.75) is 25.2 Å². The third-order valence-electron chi connectivity index (χ3n) is 5.35. The van der Waals surface area contributed by atoms with Gasteiger partial charge < -0.3 is 9.73 Å². The van der Waals surface area contributed by atoms with Crippen LogP contribution in [-0.4, -0.2) is 43.6 Å². The number of nitrogens with zero attached hydrogens (tertiary/aromatic N) is 5. The summed E-state index contributed by atoms with van der Waals surface area (Å²) in [6.45, 7) is -0.506. The summed E-state index contributed by atoms with van der Waals surface area (Å²) in [6.07, 6.45) is 7.98. The van der Waals surface area contributed by atoms with Gasteiger partial charge in [-0.2, -0.15) is 5.10 Å². The van der Waals surface area contributed by atoms with Crippen molar-refractivity contribution in [3.8, 4) is 11.3 Å². The zero-order chi connectivity index (χ0) is 23.0. The number of hydrogen-bond acceptors (Lipinski definition) is 7. The molecule has 4 aromatic rings. The van der Waals surface area contributed by atoms with E-state index in [2.05, 4.69) is 25.4 Å². The predicted molar refractivity (Wildman–Crippen MR) is 111 cm³/mol. The van der Waals surface area contributed by atoms with E-state index < -0.39 is 6.98 Å². The number of pyridine rings is 2. The van der Waals surface area contributed by atoms with Gasteiger partial charge in [-0.25, -0.2) is 9.97 Å². The molecule has 8 heteroatoms. The second-order valence-electron chi connectivity index (χ2n) is 7.43. The molecule has 0 unspecified atom stereocenters. The smallest absolute Gasteiger partial charge is 0.197 e. The van der Waals surface area contributed by atoms with Gasteiger partial charge in [0.15, 0.2) is 11.7 Å². The van der Waals surface area contributed by atoms with Crippen LogP contribution < -0.4 is 5.32 Å². The maximum Gasteiger partial charge on any atom is 0.197 e. The summed E-state index contributed by atoms with van der Waals surface area (Å²) in [6, 6.07) is 5.40. The highest BCUT2D eigenvalue weighted by atomic mass is 16.3. The van der Waals surface area contributed by atoms with E-state index in [4.69, 9.17) is 8.53 Å². The number of Topliss-reactive ketones (excluding diaryl/α,β-unsaturated/α-hetero) is 1. The zero-order valence-electron chi connectivity index (χ0n) is 19.2. The molecule has 0 aromatic carbocycles. The lowest BCUT2D eigenvalue weighted by atomic mass is 9.98. The van der Waals surface area contributed by atoms with Crippen molar-refractivity contribution in [2.75, 3.05) is 13.1 Å². The van der Waals surface area contributed by atoms with Crippen molar-refractivity contribution in [3.63, 3.8) is 0 Å². The van der Waals surface area contributed by atoms with Gasteiger partial charge in [0.1, 0.15) is 12.0 Å². The largest absolute Gasteiger partial charge is 0.448 e. The summed E-state index contributed by atoms with van der Waals surface area (Å²) in [5.41, 5.74) is 2.72. The number of piperidine rings is 1. The number of ketones is 1. The number of oxazole rings is 1. The van der Waals surface area contributed by atoms with E-state index in [0.29, 0.717) is 34.1 Å². The van der Waals surface area contributed by atoms with Crippen molar-refractivity contribution in [2.24, 2.45) is 6.98 Å². The zero-order valence-corrected chi connectivity index (χ0v) is 16.2. The Labute approximate surface area is 177 Å². The van der Waals surface area contributed by atoms with Crippen molar-refractivity contribution in [1.82, 2.24) is 30.0 Å². The number of carbonyl (C=O) groups excluding carboxylic acids is 1. The first kappa shape index (κ1) is 15.4. The van der Waals surface area contributed by atoms with Crippen LogP contribution in [0.4, 0.5) is 0 Å². The van der Waals surface area contributed by atoms with Gasteiger partial charge in [0, 0.05) is 40.3 Å². The van der Waals surface area contributed by atoms with Crippen molar-refractivity contribution in [3.05, 3.63) is 60.3 Å². The van der Waals surface area contributed by atoms with Crippen LogP contribution in [0.25, 0.3) is 22.2 Å². The first-order chi connectivity index (χ1) is 15.9. The Morgan fingerprint density at radius 2 is 2.20 bits per heavy atom. The van der Waals surface area contributed by atoms with Crippen molar-refractivity contribution >= 4 is 16.7 Å². The molecule has 5 heterocycles. The quantitative estimate of drug-likeness (QED) is 0.510.